The van der Waals surface area contributed by atoms with E-state index >= 15 is 0 Å². The number of hydrogen-bond acceptors (Lipinski definition) is 3. The number of unbranched alkanes of at least 4 members (excludes halogenated alkanes) is 1. The summed E-state index contributed by atoms with van der Waals surface area (Å²) in [7, 11) is 0. The van der Waals surface area contributed by atoms with Crippen molar-refractivity contribution in [2.45, 2.75) is 52.0 Å². The maximum absolute atomic E-state index is 9.79. The van der Waals surface area contributed by atoms with Gasteiger partial charge in [-0.3, -0.25) is 0 Å². The molecule has 0 aliphatic carbocycles. The first-order chi connectivity index (χ1) is 5.69. The third-order valence-electron chi connectivity index (χ3n) is 1.95. The van der Waals surface area contributed by atoms with E-state index < -0.39 is 11.4 Å². The normalized spacial score (nSPS) is 12.9. The number of rotatable bonds is 5. The van der Waals surface area contributed by atoms with E-state index in [-0.39, 0.29) is 17.4 Å². The van der Waals surface area contributed by atoms with Crippen LogP contribution in [0.4, 0.5) is 0 Å². The van der Waals surface area contributed by atoms with Gasteiger partial charge in [-0.1, -0.05) is 13.3 Å². The van der Waals surface area contributed by atoms with Crippen molar-refractivity contribution in [2.75, 3.05) is 6.54 Å². The fourth-order valence-corrected chi connectivity index (χ4v) is 1.49. The molecule has 0 spiro atoms. The van der Waals surface area contributed by atoms with Crippen molar-refractivity contribution in [3.05, 3.63) is 6.92 Å². The minimum atomic E-state index is -0.993. The third-order valence-corrected chi connectivity index (χ3v) is 1.95. The van der Waals surface area contributed by atoms with E-state index in [0.717, 1.165) is 12.8 Å². The van der Waals surface area contributed by atoms with Gasteiger partial charge < -0.3 is 10.2 Å². The highest BCUT2D eigenvalue weighted by Crippen LogP contribution is 2.21. The maximum atomic E-state index is 9.79. The minimum Gasteiger partial charge on any atom is -0.376 e. The van der Waals surface area contributed by atoms with Crippen LogP contribution in [0, 0.1) is 6.92 Å². The van der Waals surface area contributed by atoms with Crippen LogP contribution < -0.4 is 0 Å². The molecule has 1 radical (unpaired) electrons. The first-order valence-electron chi connectivity index (χ1n) is 4.71. The SMILES string of the molecule is [AlH3].[CH2]CCCN(C(C)(C)O)C(C)(C)O. The molecule has 0 atom stereocenters. The molecule has 0 unspecified atom stereocenters. The van der Waals surface area contributed by atoms with Gasteiger partial charge in [-0.15, -0.1) is 0 Å². The van der Waals surface area contributed by atoms with E-state index in [1.807, 2.05) is 0 Å². The predicted octanol–water partition coefficient (Wildman–Crippen LogP) is 0.176. The topological polar surface area (TPSA) is 43.7 Å². The molecule has 0 saturated carbocycles. The molecule has 0 aromatic rings. The summed E-state index contributed by atoms with van der Waals surface area (Å²) in [6.45, 7) is 11.1. The summed E-state index contributed by atoms with van der Waals surface area (Å²) in [5, 5.41) is 19.6. The third kappa shape index (κ3) is 6.00. The zero-order valence-corrected chi connectivity index (χ0v) is 9.17. The highest BCUT2D eigenvalue weighted by Gasteiger charge is 2.33. The standard InChI is InChI=1S/C10H22NO2.Al.3H/c1-6-7-8-11(9(2,3)12)10(4,5)13;;;;/h12-13H,1,6-8H2,2-5H3;;;;. The lowest BCUT2D eigenvalue weighted by atomic mass is 10.1. The van der Waals surface area contributed by atoms with Gasteiger partial charge in [-0.25, -0.2) is 4.90 Å². The molecular formula is C10H25AlNO2. The van der Waals surface area contributed by atoms with Crippen molar-refractivity contribution in [1.29, 1.82) is 0 Å². The Kier molecular flexibility index (Phi) is 7.33. The van der Waals surface area contributed by atoms with E-state index in [1.54, 1.807) is 32.6 Å². The van der Waals surface area contributed by atoms with E-state index in [1.165, 1.54) is 0 Å². The van der Waals surface area contributed by atoms with E-state index in [9.17, 15) is 10.2 Å². The summed E-state index contributed by atoms with van der Waals surface area (Å²) >= 11 is 0. The molecule has 0 fully saturated rings. The number of hydrogen-bond donors (Lipinski definition) is 2. The zero-order chi connectivity index (χ0) is 10.7. The first kappa shape index (κ1) is 16.8. The molecule has 0 aliphatic rings. The van der Waals surface area contributed by atoms with Crippen molar-refractivity contribution < 1.29 is 10.2 Å². The second-order valence-electron chi connectivity index (χ2n) is 4.35. The fraction of sp³-hybridized carbons (Fsp3) is 0.900. The molecule has 0 aromatic carbocycles. The van der Waals surface area contributed by atoms with Gasteiger partial charge in [0.25, 0.3) is 0 Å². The molecule has 0 aliphatic heterocycles. The van der Waals surface area contributed by atoms with Gasteiger partial charge in [0.1, 0.15) is 11.4 Å². The Hall–Kier alpha value is 0.412. The Morgan fingerprint density at radius 3 is 1.64 bits per heavy atom. The average Bonchev–Trinajstić information content (AvgIpc) is 1.81. The van der Waals surface area contributed by atoms with Gasteiger partial charge in [0.05, 0.1) is 0 Å². The molecule has 0 aromatic heterocycles. The lowest BCUT2D eigenvalue weighted by molar-refractivity contribution is -0.199. The highest BCUT2D eigenvalue weighted by molar-refractivity contribution is 5.75. The molecule has 0 amide bonds. The Labute approximate surface area is 98.2 Å². The van der Waals surface area contributed by atoms with Crippen molar-refractivity contribution in [1.82, 2.24) is 4.90 Å². The van der Waals surface area contributed by atoms with Crippen LogP contribution in [0.15, 0.2) is 0 Å². The van der Waals surface area contributed by atoms with Crippen LogP contribution in [-0.2, 0) is 0 Å². The van der Waals surface area contributed by atoms with Crippen LogP contribution in [0.5, 0.6) is 0 Å². The predicted molar refractivity (Wildman–Crippen MR) is 63.8 cm³/mol. The van der Waals surface area contributed by atoms with Crippen LogP contribution in [0.25, 0.3) is 0 Å². The Balaban J connectivity index is 0. The van der Waals surface area contributed by atoms with Crippen LogP contribution in [-0.4, -0.2) is 50.5 Å². The summed E-state index contributed by atoms with van der Waals surface area (Å²) in [6, 6.07) is 0. The molecule has 0 bridgehead atoms. The minimum absolute atomic E-state index is 0. The summed E-state index contributed by atoms with van der Waals surface area (Å²) in [6.07, 6.45) is 1.68. The number of aliphatic hydroxyl groups is 2. The van der Waals surface area contributed by atoms with Crippen molar-refractivity contribution in [2.24, 2.45) is 0 Å². The largest absolute Gasteiger partial charge is 0.376 e. The van der Waals surface area contributed by atoms with Crippen LogP contribution in [0.1, 0.15) is 40.5 Å². The van der Waals surface area contributed by atoms with E-state index in [4.69, 9.17) is 0 Å². The van der Waals surface area contributed by atoms with Crippen molar-refractivity contribution >= 4 is 17.4 Å². The molecule has 0 rings (SSSR count). The molecule has 2 N–H and O–H groups in total. The van der Waals surface area contributed by atoms with Gasteiger partial charge in [0, 0.05) is 6.54 Å². The first-order valence-corrected chi connectivity index (χ1v) is 4.71. The van der Waals surface area contributed by atoms with Crippen LogP contribution in [0.3, 0.4) is 0 Å². The summed E-state index contributed by atoms with van der Waals surface area (Å²) in [4.78, 5) is 1.66. The summed E-state index contributed by atoms with van der Waals surface area (Å²) in [5.41, 5.74) is -1.99. The number of nitrogens with zero attached hydrogens (tertiary/aromatic N) is 1. The smallest absolute Gasteiger partial charge is 0.187 e. The molecule has 3 nitrogen and oxygen atoms in total. The highest BCUT2D eigenvalue weighted by atomic mass is 27.0. The van der Waals surface area contributed by atoms with Gasteiger partial charge in [0.2, 0.25) is 0 Å². The average molecular weight is 218 g/mol. The maximum Gasteiger partial charge on any atom is 0.187 e. The van der Waals surface area contributed by atoms with Gasteiger partial charge in [-0.2, -0.15) is 0 Å². The molecule has 14 heavy (non-hydrogen) atoms. The molecule has 4 heteroatoms. The fourth-order valence-electron chi connectivity index (χ4n) is 1.49. The van der Waals surface area contributed by atoms with Crippen LogP contribution >= 0.6 is 0 Å². The van der Waals surface area contributed by atoms with Gasteiger partial charge in [0.15, 0.2) is 17.4 Å². The molecule has 85 valence electrons. The van der Waals surface area contributed by atoms with Crippen LogP contribution in [0.2, 0.25) is 0 Å². The Morgan fingerprint density at radius 1 is 1.07 bits per heavy atom. The Morgan fingerprint density at radius 2 is 1.43 bits per heavy atom. The van der Waals surface area contributed by atoms with Gasteiger partial charge >= 0.3 is 0 Å². The lowest BCUT2D eigenvalue weighted by Crippen LogP contribution is -2.55. The summed E-state index contributed by atoms with van der Waals surface area (Å²) < 4.78 is 0. The summed E-state index contributed by atoms with van der Waals surface area (Å²) in [5.74, 6) is 0. The zero-order valence-electron chi connectivity index (χ0n) is 9.17. The lowest BCUT2D eigenvalue weighted by Gasteiger charge is -2.42. The van der Waals surface area contributed by atoms with Gasteiger partial charge in [-0.05, 0) is 34.1 Å². The Bertz CT molecular complexity index is 135. The monoisotopic (exact) mass is 218 g/mol. The second-order valence-corrected chi connectivity index (χ2v) is 4.35. The second kappa shape index (κ2) is 6.10. The van der Waals surface area contributed by atoms with E-state index in [0.29, 0.717) is 6.54 Å². The molecule has 0 saturated heterocycles. The van der Waals surface area contributed by atoms with Crippen molar-refractivity contribution in [3.8, 4) is 0 Å². The quantitative estimate of drug-likeness (QED) is 0.511. The molecule has 0 heterocycles. The van der Waals surface area contributed by atoms with Crippen molar-refractivity contribution in [3.63, 3.8) is 0 Å². The van der Waals surface area contributed by atoms with E-state index in [2.05, 4.69) is 6.92 Å². The molecular weight excluding hydrogens is 193 g/mol.